The van der Waals surface area contributed by atoms with Gasteiger partial charge in [0.15, 0.2) is 18.4 Å². The third-order valence-corrected chi connectivity index (χ3v) is 17.6. The molecule has 0 aromatic rings. The van der Waals surface area contributed by atoms with Gasteiger partial charge in [0.25, 0.3) is 0 Å². The summed E-state index contributed by atoms with van der Waals surface area (Å²) in [5, 5.41) is 74.4. The first-order valence-electron chi connectivity index (χ1n) is 20.8. The molecule has 2 bridgehead atoms. The van der Waals surface area contributed by atoms with Gasteiger partial charge in [0.05, 0.1) is 31.0 Å². The molecular formula is C41H68O13. The van der Waals surface area contributed by atoms with Crippen molar-refractivity contribution in [3.8, 4) is 0 Å². The summed E-state index contributed by atoms with van der Waals surface area (Å²) in [7, 11) is 0. The topological polar surface area (TPSA) is 197 Å². The Labute approximate surface area is 320 Å². The van der Waals surface area contributed by atoms with Gasteiger partial charge in [0.1, 0.15) is 48.3 Å². The summed E-state index contributed by atoms with van der Waals surface area (Å²) in [6.07, 6.45) is -4.65. The number of aliphatic hydroxyl groups is 7. The Morgan fingerprint density at radius 2 is 1.44 bits per heavy atom. The SMILES string of the molecule is CC1(C)[C@H]2CC[C@@]3(C)[C@H](C[C@H]4O[C@@]5(C(C)(C)O)CC[C@](C)(O5)[C@H]5CC[C@@]3(C)[C@H]45)[C@]2(C)CC[C@H]1O[C@H]1OC[C@H](O)[C@@H](O)[C@@H]1O[C@H]1O[C@@H](CO)[C@H](O)[C@@H](O)[C@@H]1O. The Balaban J connectivity index is 1.06. The first-order valence-corrected chi connectivity index (χ1v) is 20.8. The lowest BCUT2D eigenvalue weighted by Gasteiger charge is -2.71. The summed E-state index contributed by atoms with van der Waals surface area (Å²) in [6.45, 7) is 17.3. The van der Waals surface area contributed by atoms with Crippen molar-refractivity contribution in [2.75, 3.05) is 13.2 Å². The highest BCUT2D eigenvalue weighted by atomic mass is 16.8. The molecule has 20 atom stereocenters. The minimum absolute atomic E-state index is 0.0225. The largest absolute Gasteiger partial charge is 0.394 e. The standard InChI is InChI=1S/C41H68O13/c1-35(2)24-10-14-38(6)25(17-22-27-20(9-13-39(27,38)7)40(8)15-16-41(53-22,54-40)36(3,4)48)37(24,5)12-11-26(35)51-34-32(28(44)21(43)19-49-34)52-33-31(47)30(46)29(45)23(18-42)50-33/h20-34,42-48H,9-19H2,1-8H3/t20-,21-,22+,23-,24+,25+,26+,27-,28+,29-,30+,31-,32-,33+,34+,37+,38-,39-,40-,41-/m0/s1. The molecule has 310 valence electrons. The molecule has 0 amide bonds. The van der Waals surface area contributed by atoms with Gasteiger partial charge in [0.2, 0.25) is 0 Å². The fourth-order valence-corrected chi connectivity index (χ4v) is 14.3. The minimum atomic E-state index is -1.69. The fourth-order valence-electron chi connectivity index (χ4n) is 14.3. The van der Waals surface area contributed by atoms with Gasteiger partial charge in [-0.25, -0.2) is 0 Å². The van der Waals surface area contributed by atoms with E-state index in [2.05, 4.69) is 41.5 Å². The second-order valence-corrected chi connectivity index (χ2v) is 20.8. The molecule has 8 rings (SSSR count). The minimum Gasteiger partial charge on any atom is -0.394 e. The van der Waals surface area contributed by atoms with E-state index in [0.29, 0.717) is 24.2 Å². The molecule has 4 saturated heterocycles. The normalized spacial score (nSPS) is 58.2. The molecule has 4 aliphatic heterocycles. The molecule has 8 aliphatic rings. The number of aliphatic hydroxyl groups excluding tert-OH is 6. The molecule has 0 aromatic carbocycles. The predicted octanol–water partition coefficient (Wildman–Crippen LogP) is 2.36. The smallest absolute Gasteiger partial charge is 0.197 e. The summed E-state index contributed by atoms with van der Waals surface area (Å²) in [5.41, 5.74) is -1.72. The Morgan fingerprint density at radius 3 is 2.13 bits per heavy atom. The van der Waals surface area contributed by atoms with E-state index in [-0.39, 0.29) is 52.0 Å². The highest BCUT2D eigenvalue weighted by Gasteiger charge is 2.75. The monoisotopic (exact) mass is 768 g/mol. The Hall–Kier alpha value is -0.520. The molecule has 7 N–H and O–H groups in total. The van der Waals surface area contributed by atoms with E-state index in [4.69, 9.17) is 28.4 Å². The quantitative estimate of drug-likeness (QED) is 0.195. The van der Waals surface area contributed by atoms with Gasteiger partial charge < -0.3 is 64.2 Å². The Kier molecular flexibility index (Phi) is 9.69. The van der Waals surface area contributed by atoms with Crippen LogP contribution in [0.3, 0.4) is 0 Å². The Bertz CT molecular complexity index is 1420. The van der Waals surface area contributed by atoms with Crippen molar-refractivity contribution in [2.45, 2.75) is 198 Å². The van der Waals surface area contributed by atoms with Gasteiger partial charge in [-0.15, -0.1) is 0 Å². The van der Waals surface area contributed by atoms with Gasteiger partial charge in [0, 0.05) is 6.42 Å². The van der Waals surface area contributed by atoms with Gasteiger partial charge in [-0.3, -0.25) is 0 Å². The van der Waals surface area contributed by atoms with E-state index in [9.17, 15) is 35.7 Å². The van der Waals surface area contributed by atoms with Crippen LogP contribution in [-0.4, -0.2) is 133 Å². The molecule has 0 aromatic heterocycles. The summed E-state index contributed by atoms with van der Waals surface area (Å²) < 4.78 is 38.6. The van der Waals surface area contributed by atoms with Crippen LogP contribution in [0, 0.1) is 45.3 Å². The average Bonchev–Trinajstić information content (AvgIpc) is 3.62. The number of hydrogen-bond donors (Lipinski definition) is 7. The van der Waals surface area contributed by atoms with Crippen molar-refractivity contribution >= 4 is 0 Å². The van der Waals surface area contributed by atoms with Crippen LogP contribution in [0.5, 0.6) is 0 Å². The van der Waals surface area contributed by atoms with E-state index in [1.54, 1.807) is 0 Å². The van der Waals surface area contributed by atoms with Crippen LogP contribution in [0.1, 0.15) is 113 Å². The number of ether oxygens (including phenoxy) is 6. The maximum absolute atomic E-state index is 11.6. The zero-order chi connectivity index (χ0) is 39.2. The molecule has 13 nitrogen and oxygen atoms in total. The maximum Gasteiger partial charge on any atom is 0.197 e. The van der Waals surface area contributed by atoms with Gasteiger partial charge >= 0.3 is 0 Å². The number of rotatable bonds is 6. The first-order chi connectivity index (χ1) is 25.1. The van der Waals surface area contributed by atoms with Crippen molar-refractivity contribution in [3.63, 3.8) is 0 Å². The van der Waals surface area contributed by atoms with Crippen molar-refractivity contribution in [2.24, 2.45) is 45.3 Å². The van der Waals surface area contributed by atoms with E-state index in [0.717, 1.165) is 51.4 Å². The van der Waals surface area contributed by atoms with Crippen LogP contribution in [0.4, 0.5) is 0 Å². The second-order valence-electron chi connectivity index (χ2n) is 20.8. The van der Waals surface area contributed by atoms with E-state index in [1.807, 2.05) is 13.8 Å². The molecule has 0 radical (unpaired) electrons. The van der Waals surface area contributed by atoms with Gasteiger partial charge in [-0.05, 0) is 117 Å². The summed E-state index contributed by atoms with van der Waals surface area (Å²) >= 11 is 0. The molecule has 4 aliphatic carbocycles. The summed E-state index contributed by atoms with van der Waals surface area (Å²) in [4.78, 5) is 0. The van der Waals surface area contributed by atoms with E-state index in [1.165, 1.54) is 0 Å². The van der Waals surface area contributed by atoms with Crippen molar-refractivity contribution in [1.29, 1.82) is 0 Å². The molecule has 0 spiro atoms. The summed E-state index contributed by atoms with van der Waals surface area (Å²) in [5.74, 6) is 0.347. The highest BCUT2D eigenvalue weighted by Crippen LogP contribution is 2.78. The predicted molar refractivity (Wildman–Crippen MR) is 192 cm³/mol. The van der Waals surface area contributed by atoms with Crippen molar-refractivity contribution in [1.82, 2.24) is 0 Å². The third-order valence-electron chi connectivity index (χ3n) is 17.6. The van der Waals surface area contributed by atoms with Gasteiger partial charge in [-0.2, -0.15) is 0 Å². The van der Waals surface area contributed by atoms with Crippen molar-refractivity contribution in [3.05, 3.63) is 0 Å². The van der Waals surface area contributed by atoms with Crippen LogP contribution < -0.4 is 0 Å². The second kappa shape index (κ2) is 13.0. The van der Waals surface area contributed by atoms with Gasteiger partial charge in [-0.1, -0.05) is 34.6 Å². The molecule has 8 fully saturated rings. The van der Waals surface area contributed by atoms with Crippen LogP contribution in [0.2, 0.25) is 0 Å². The lowest BCUT2D eigenvalue weighted by atomic mass is 9.35. The summed E-state index contributed by atoms with van der Waals surface area (Å²) in [6, 6.07) is 0. The molecular weight excluding hydrogens is 700 g/mol. The van der Waals surface area contributed by atoms with Crippen LogP contribution in [0.15, 0.2) is 0 Å². The van der Waals surface area contributed by atoms with E-state index < -0.39 is 73.3 Å². The highest BCUT2D eigenvalue weighted by molar-refractivity contribution is 5.22. The lowest BCUT2D eigenvalue weighted by molar-refractivity contribution is -0.368. The molecule has 54 heavy (non-hydrogen) atoms. The average molecular weight is 769 g/mol. The first kappa shape index (κ1) is 40.3. The molecule has 4 heterocycles. The Morgan fingerprint density at radius 1 is 0.741 bits per heavy atom. The van der Waals surface area contributed by atoms with Crippen LogP contribution in [0.25, 0.3) is 0 Å². The van der Waals surface area contributed by atoms with Crippen molar-refractivity contribution < 1.29 is 64.2 Å². The molecule has 0 unspecified atom stereocenters. The molecule has 13 heteroatoms. The molecule has 4 saturated carbocycles. The number of fused-ring (bicyclic) bond motifs is 7. The zero-order valence-corrected chi connectivity index (χ0v) is 33.5. The fraction of sp³-hybridized carbons (Fsp3) is 1.00. The van der Waals surface area contributed by atoms with Crippen LogP contribution >= 0.6 is 0 Å². The zero-order valence-electron chi connectivity index (χ0n) is 33.5. The lowest BCUT2D eigenvalue weighted by Crippen LogP contribution is -2.68. The number of hydrogen-bond acceptors (Lipinski definition) is 13. The van der Waals surface area contributed by atoms with Crippen LogP contribution in [-0.2, 0) is 28.4 Å². The maximum atomic E-state index is 11.6. The third kappa shape index (κ3) is 5.50. The van der Waals surface area contributed by atoms with E-state index >= 15 is 0 Å².